The number of nitrogens with zero attached hydrogens (tertiary/aromatic N) is 1. The monoisotopic (exact) mass is 463 g/mol. The lowest BCUT2D eigenvalue weighted by Crippen LogP contribution is -2.27. The molecule has 2 aromatic rings. The van der Waals surface area contributed by atoms with Crippen molar-refractivity contribution in [1.82, 2.24) is 4.98 Å². The van der Waals surface area contributed by atoms with E-state index in [1.54, 1.807) is 32.9 Å². The predicted octanol–water partition coefficient (Wildman–Crippen LogP) is 4.53. The topological polar surface area (TPSA) is 93.5 Å². The zero-order chi connectivity index (χ0) is 17.9. The molecule has 0 saturated carbocycles. The molecule has 0 fully saturated rings. The van der Waals surface area contributed by atoms with E-state index in [-0.39, 0.29) is 11.7 Å². The number of hydrogen-bond acceptors (Lipinski definition) is 5. The van der Waals surface area contributed by atoms with Crippen LogP contribution in [0.3, 0.4) is 0 Å². The lowest BCUT2D eigenvalue weighted by atomic mass is 10.2. The second-order valence-electron chi connectivity index (χ2n) is 5.74. The molecule has 0 saturated heterocycles. The van der Waals surface area contributed by atoms with Gasteiger partial charge in [-0.2, -0.15) is 4.98 Å². The zero-order valence-corrected chi connectivity index (χ0v) is 16.1. The molecule has 1 aromatic heterocycles. The molecule has 0 bridgehead atoms. The van der Waals surface area contributed by atoms with Crippen LogP contribution in [0.15, 0.2) is 28.9 Å². The summed E-state index contributed by atoms with van der Waals surface area (Å²) >= 11 is 8.13. The Labute approximate surface area is 157 Å². The Kier molecular flexibility index (Phi) is 5.70. The van der Waals surface area contributed by atoms with E-state index in [2.05, 4.69) is 38.2 Å². The normalized spacial score (nSPS) is 11.0. The maximum atomic E-state index is 12.2. The molecule has 7 nitrogen and oxygen atoms in total. The van der Waals surface area contributed by atoms with Crippen LogP contribution >= 0.6 is 34.2 Å². The summed E-state index contributed by atoms with van der Waals surface area (Å²) in [5.74, 6) is -0.514. The number of anilines is 2. The number of hydrogen-bond donors (Lipinski definition) is 2. The van der Waals surface area contributed by atoms with E-state index in [1.165, 1.54) is 0 Å². The van der Waals surface area contributed by atoms with Gasteiger partial charge in [-0.05, 0) is 61.6 Å². The molecule has 9 heteroatoms. The molecule has 128 valence electrons. The third kappa shape index (κ3) is 5.38. The van der Waals surface area contributed by atoms with Gasteiger partial charge in [0.25, 0.3) is 5.91 Å². The number of rotatable bonds is 3. The standard InChI is InChI=1S/C15H15ClIN3O4/c1-15(2,3)24-14(22)20-13-19-11(7-23-13)12(21)18-10-6-8(17)4-5-9(10)16/h4-7H,1-3H3,(H,18,21)(H,19,20,22). The number of carbonyl (C=O) groups is 2. The van der Waals surface area contributed by atoms with Crippen molar-refractivity contribution in [3.05, 3.63) is 38.7 Å². The Morgan fingerprint density at radius 1 is 1.29 bits per heavy atom. The molecule has 0 aliphatic carbocycles. The fourth-order valence-electron chi connectivity index (χ4n) is 1.61. The van der Waals surface area contributed by atoms with Gasteiger partial charge in [0.05, 0.1) is 10.7 Å². The Morgan fingerprint density at radius 3 is 2.67 bits per heavy atom. The third-order valence-electron chi connectivity index (χ3n) is 2.52. The fraction of sp³-hybridized carbons (Fsp3) is 0.267. The van der Waals surface area contributed by atoms with Gasteiger partial charge < -0.3 is 14.5 Å². The average molecular weight is 464 g/mol. The minimum atomic E-state index is -0.725. The van der Waals surface area contributed by atoms with E-state index in [0.717, 1.165) is 9.83 Å². The van der Waals surface area contributed by atoms with E-state index in [4.69, 9.17) is 20.8 Å². The van der Waals surface area contributed by atoms with Gasteiger partial charge in [-0.15, -0.1) is 0 Å². The smallest absolute Gasteiger partial charge is 0.415 e. The molecule has 0 atom stereocenters. The molecule has 24 heavy (non-hydrogen) atoms. The summed E-state index contributed by atoms with van der Waals surface area (Å²) in [6.07, 6.45) is 0.404. The van der Waals surface area contributed by atoms with E-state index >= 15 is 0 Å². The highest BCUT2D eigenvalue weighted by molar-refractivity contribution is 14.1. The van der Waals surface area contributed by atoms with Gasteiger partial charge in [0.2, 0.25) is 0 Å². The molecule has 0 unspecified atom stereocenters. The first-order valence-corrected chi connectivity index (χ1v) is 8.31. The fourth-order valence-corrected chi connectivity index (χ4v) is 2.26. The third-order valence-corrected chi connectivity index (χ3v) is 3.52. The van der Waals surface area contributed by atoms with Crippen LogP contribution in [0.25, 0.3) is 0 Å². The zero-order valence-electron chi connectivity index (χ0n) is 13.1. The Bertz CT molecular complexity index is 770. The Balaban J connectivity index is 2.03. The molecule has 2 amide bonds. The van der Waals surface area contributed by atoms with Crippen molar-refractivity contribution in [2.24, 2.45) is 0 Å². The summed E-state index contributed by atoms with van der Waals surface area (Å²) < 4.78 is 11.0. The van der Waals surface area contributed by atoms with Crippen molar-refractivity contribution >= 4 is 57.9 Å². The summed E-state index contributed by atoms with van der Waals surface area (Å²) in [5, 5.41) is 5.34. The first-order valence-electron chi connectivity index (χ1n) is 6.86. The number of carbonyl (C=O) groups excluding carboxylic acids is 2. The van der Waals surface area contributed by atoms with Gasteiger partial charge in [-0.25, -0.2) is 10.1 Å². The minimum absolute atomic E-state index is 0.00372. The van der Waals surface area contributed by atoms with Gasteiger partial charge >= 0.3 is 12.1 Å². The van der Waals surface area contributed by atoms with Gasteiger partial charge in [-0.3, -0.25) is 4.79 Å². The van der Waals surface area contributed by atoms with Crippen LogP contribution in [-0.2, 0) is 4.74 Å². The Hall–Kier alpha value is -1.81. The number of aromatic nitrogens is 1. The molecule has 1 heterocycles. The van der Waals surface area contributed by atoms with Gasteiger partial charge in [-0.1, -0.05) is 11.6 Å². The molecule has 0 aliphatic heterocycles. The van der Waals surface area contributed by atoms with Crippen LogP contribution < -0.4 is 10.6 Å². The summed E-state index contributed by atoms with van der Waals surface area (Å²) in [7, 11) is 0. The van der Waals surface area contributed by atoms with E-state index in [1.807, 2.05) is 6.07 Å². The van der Waals surface area contributed by atoms with Crippen molar-refractivity contribution in [3.63, 3.8) is 0 Å². The quantitative estimate of drug-likeness (QED) is 0.652. The molecule has 2 N–H and O–H groups in total. The summed E-state index contributed by atoms with van der Waals surface area (Å²) in [6, 6.07) is 5.08. The van der Waals surface area contributed by atoms with Crippen molar-refractivity contribution in [2.75, 3.05) is 10.6 Å². The average Bonchev–Trinajstić information content (AvgIpc) is 2.89. The number of amides is 2. The second kappa shape index (κ2) is 7.39. The molecule has 2 rings (SSSR count). The van der Waals surface area contributed by atoms with Crippen LogP contribution in [-0.4, -0.2) is 22.6 Å². The van der Waals surface area contributed by atoms with E-state index < -0.39 is 17.6 Å². The first-order chi connectivity index (χ1) is 11.1. The van der Waals surface area contributed by atoms with Crippen molar-refractivity contribution in [3.8, 4) is 0 Å². The number of halogens is 2. The molecule has 1 aromatic carbocycles. The van der Waals surface area contributed by atoms with Gasteiger partial charge in [0.15, 0.2) is 5.69 Å². The molecular formula is C15H15ClIN3O4. The number of nitrogens with one attached hydrogen (secondary N) is 2. The molecule has 0 aliphatic rings. The molecule has 0 radical (unpaired) electrons. The largest absolute Gasteiger partial charge is 0.443 e. The highest BCUT2D eigenvalue weighted by Crippen LogP contribution is 2.24. The van der Waals surface area contributed by atoms with Crippen LogP contribution in [0, 0.1) is 3.57 Å². The van der Waals surface area contributed by atoms with Crippen LogP contribution in [0.2, 0.25) is 5.02 Å². The number of benzene rings is 1. The van der Waals surface area contributed by atoms with Crippen LogP contribution in [0.1, 0.15) is 31.3 Å². The lowest BCUT2D eigenvalue weighted by Gasteiger charge is -2.18. The van der Waals surface area contributed by atoms with Crippen molar-refractivity contribution in [1.29, 1.82) is 0 Å². The SMILES string of the molecule is CC(C)(C)OC(=O)Nc1nc(C(=O)Nc2cc(I)ccc2Cl)co1. The van der Waals surface area contributed by atoms with Gasteiger partial charge in [0.1, 0.15) is 11.9 Å². The van der Waals surface area contributed by atoms with E-state index in [0.29, 0.717) is 10.7 Å². The first kappa shape index (κ1) is 18.5. The molecule has 0 spiro atoms. The predicted molar refractivity (Wildman–Crippen MR) is 98.5 cm³/mol. The maximum absolute atomic E-state index is 12.2. The summed E-state index contributed by atoms with van der Waals surface area (Å²) in [5.41, 5.74) is -0.202. The van der Waals surface area contributed by atoms with Crippen LogP contribution in [0.4, 0.5) is 16.5 Å². The lowest BCUT2D eigenvalue weighted by molar-refractivity contribution is 0.0631. The van der Waals surface area contributed by atoms with Crippen LogP contribution in [0.5, 0.6) is 0 Å². The maximum Gasteiger partial charge on any atom is 0.415 e. The summed E-state index contributed by atoms with van der Waals surface area (Å²) in [6.45, 7) is 5.18. The van der Waals surface area contributed by atoms with E-state index in [9.17, 15) is 9.59 Å². The van der Waals surface area contributed by atoms with Gasteiger partial charge in [0, 0.05) is 3.57 Å². The summed E-state index contributed by atoms with van der Waals surface area (Å²) in [4.78, 5) is 27.7. The number of oxazole rings is 1. The van der Waals surface area contributed by atoms with Crippen molar-refractivity contribution in [2.45, 2.75) is 26.4 Å². The Morgan fingerprint density at radius 2 is 2.00 bits per heavy atom. The molecular weight excluding hydrogens is 449 g/mol. The van der Waals surface area contributed by atoms with Crippen molar-refractivity contribution < 1.29 is 18.7 Å². The second-order valence-corrected chi connectivity index (χ2v) is 7.40. The minimum Gasteiger partial charge on any atom is -0.443 e. The highest BCUT2D eigenvalue weighted by Gasteiger charge is 2.19. The highest BCUT2D eigenvalue weighted by atomic mass is 127. The number of ether oxygens (including phenoxy) is 1.